The zero-order chi connectivity index (χ0) is 17.6. The molecule has 0 aliphatic rings. The molecule has 136 valence electrons. The van der Waals surface area contributed by atoms with Crippen LogP contribution in [0, 0.1) is 0 Å². The first kappa shape index (κ1) is 19.0. The number of fused-ring (bicyclic) bond motifs is 1. The van der Waals surface area contributed by atoms with E-state index in [1.807, 2.05) is 65.6 Å². The maximum atomic E-state index is 4.34. The van der Waals surface area contributed by atoms with Gasteiger partial charge in [-0.1, -0.05) is 36.4 Å². The minimum absolute atomic E-state index is 0. The van der Waals surface area contributed by atoms with Crippen molar-refractivity contribution < 1.29 is 17.1 Å². The molecule has 0 radical (unpaired) electrons. The van der Waals surface area contributed by atoms with Crippen LogP contribution in [0.25, 0.3) is 33.5 Å². The first-order valence-corrected chi connectivity index (χ1v) is 9.07. The van der Waals surface area contributed by atoms with Crippen molar-refractivity contribution in [2.75, 3.05) is 0 Å². The van der Waals surface area contributed by atoms with Crippen molar-refractivity contribution >= 4 is 22.2 Å². The van der Waals surface area contributed by atoms with Crippen molar-refractivity contribution in [2.24, 2.45) is 0 Å². The Morgan fingerprint density at radius 2 is 1.44 bits per heavy atom. The smallest absolute Gasteiger partial charge is 0.663 e. The number of para-hydroxylation sites is 1. The van der Waals surface area contributed by atoms with Crippen LogP contribution in [0.15, 0.2) is 90.1 Å². The average molecular weight is 419 g/mol. The standard InChI is InChI=1S/C11H7N2S.C10H8N2.Cu/c1-2-8-4-5-12-11(8)9(3-1)10-6-14-7-13-10;1-3-7-11-9(5-1)10-6-2-4-8-12-10;/h1-7H;1-8H;/q-1;;+1. The van der Waals surface area contributed by atoms with Gasteiger partial charge in [0.1, 0.15) is 0 Å². The summed E-state index contributed by atoms with van der Waals surface area (Å²) in [5, 5.41) is 3.22. The molecule has 5 aromatic rings. The van der Waals surface area contributed by atoms with Crippen LogP contribution in [0.1, 0.15) is 0 Å². The zero-order valence-electron chi connectivity index (χ0n) is 14.2. The van der Waals surface area contributed by atoms with Crippen molar-refractivity contribution in [1.82, 2.24) is 19.9 Å². The second-order valence-electron chi connectivity index (χ2n) is 5.49. The molecule has 0 N–H and O–H groups in total. The molecule has 0 atom stereocenters. The number of pyridine rings is 2. The predicted octanol–water partition coefficient (Wildman–Crippen LogP) is 5.06. The van der Waals surface area contributed by atoms with Gasteiger partial charge in [-0.05, 0) is 35.2 Å². The van der Waals surface area contributed by atoms with E-state index in [0.29, 0.717) is 0 Å². The van der Waals surface area contributed by atoms with Crippen molar-refractivity contribution in [3.8, 4) is 22.6 Å². The maximum absolute atomic E-state index is 4.34. The molecular weight excluding hydrogens is 404 g/mol. The Balaban J connectivity index is 0.000000152. The fraction of sp³-hybridized carbons (Fsp3) is 0. The summed E-state index contributed by atoms with van der Waals surface area (Å²) in [5.41, 5.74) is 6.85. The van der Waals surface area contributed by atoms with Crippen LogP contribution < -0.4 is 4.98 Å². The molecular formula is C21H15CuN4S. The van der Waals surface area contributed by atoms with Crippen LogP contribution >= 0.6 is 11.3 Å². The van der Waals surface area contributed by atoms with E-state index in [1.54, 1.807) is 23.7 Å². The molecule has 0 aliphatic heterocycles. The van der Waals surface area contributed by atoms with E-state index in [1.165, 1.54) is 5.39 Å². The normalized spacial score (nSPS) is 9.93. The summed E-state index contributed by atoms with van der Waals surface area (Å²) in [6, 6.07) is 19.8. The van der Waals surface area contributed by atoms with Crippen molar-refractivity contribution in [3.63, 3.8) is 0 Å². The third-order valence-corrected chi connectivity index (χ3v) is 4.41. The van der Waals surface area contributed by atoms with Crippen molar-refractivity contribution in [3.05, 3.63) is 90.1 Å². The number of rotatable bonds is 2. The molecule has 0 unspecified atom stereocenters. The third-order valence-electron chi connectivity index (χ3n) is 3.83. The Kier molecular flexibility index (Phi) is 6.49. The molecule has 0 saturated heterocycles. The number of hydrogen-bond donors (Lipinski definition) is 0. The summed E-state index contributed by atoms with van der Waals surface area (Å²) in [6.45, 7) is 0. The van der Waals surface area contributed by atoms with Crippen LogP contribution in [-0.4, -0.2) is 15.0 Å². The van der Waals surface area contributed by atoms with Gasteiger partial charge in [-0.3, -0.25) is 9.97 Å². The van der Waals surface area contributed by atoms with Crippen molar-refractivity contribution in [1.29, 1.82) is 0 Å². The van der Waals surface area contributed by atoms with E-state index in [9.17, 15) is 0 Å². The fourth-order valence-electron chi connectivity index (χ4n) is 2.61. The quantitative estimate of drug-likeness (QED) is 0.376. The minimum atomic E-state index is 0. The van der Waals surface area contributed by atoms with Crippen LogP contribution in [0.5, 0.6) is 0 Å². The molecule has 27 heavy (non-hydrogen) atoms. The van der Waals surface area contributed by atoms with Gasteiger partial charge in [-0.25, -0.2) is 4.98 Å². The molecule has 0 saturated carbocycles. The first-order valence-electron chi connectivity index (χ1n) is 8.13. The fourth-order valence-corrected chi connectivity index (χ4v) is 3.16. The molecule has 0 fully saturated rings. The van der Waals surface area contributed by atoms with E-state index in [-0.39, 0.29) is 17.1 Å². The molecule has 5 rings (SSSR count). The van der Waals surface area contributed by atoms with Crippen LogP contribution in [0.3, 0.4) is 0 Å². The van der Waals surface area contributed by atoms with E-state index in [2.05, 4.69) is 32.1 Å². The van der Waals surface area contributed by atoms with E-state index in [0.717, 1.165) is 28.2 Å². The van der Waals surface area contributed by atoms with Crippen molar-refractivity contribution in [2.45, 2.75) is 0 Å². The monoisotopic (exact) mass is 418 g/mol. The summed E-state index contributed by atoms with van der Waals surface area (Å²) in [4.78, 5) is 17.0. The number of benzene rings is 1. The predicted molar refractivity (Wildman–Crippen MR) is 106 cm³/mol. The summed E-state index contributed by atoms with van der Waals surface area (Å²) in [6.07, 6.45) is 5.37. The van der Waals surface area contributed by atoms with Crippen LogP contribution in [-0.2, 0) is 17.1 Å². The summed E-state index contributed by atoms with van der Waals surface area (Å²) < 4.78 is 0. The Bertz CT molecular complexity index is 1040. The molecule has 0 bridgehead atoms. The van der Waals surface area contributed by atoms with Crippen LogP contribution in [0.2, 0.25) is 0 Å². The zero-order valence-corrected chi connectivity index (χ0v) is 15.9. The largest absolute Gasteiger partial charge is 1.00 e. The molecule has 4 heterocycles. The molecule has 1 aromatic carbocycles. The summed E-state index contributed by atoms with van der Waals surface area (Å²) >= 11 is 1.61. The molecule has 0 spiro atoms. The Labute approximate surface area is 171 Å². The molecule has 0 amide bonds. The van der Waals surface area contributed by atoms with Crippen LogP contribution in [0.4, 0.5) is 0 Å². The Morgan fingerprint density at radius 1 is 0.704 bits per heavy atom. The number of nitrogens with zero attached hydrogens (tertiary/aromatic N) is 4. The second kappa shape index (κ2) is 9.23. The van der Waals surface area contributed by atoms with Gasteiger partial charge < -0.3 is 4.98 Å². The summed E-state index contributed by atoms with van der Waals surface area (Å²) in [7, 11) is 0. The second-order valence-corrected chi connectivity index (χ2v) is 6.21. The number of hydrogen-bond acceptors (Lipinski definition) is 4. The SMILES string of the molecule is [Cu+].c1cc(-c2cscn2)c2[n-]ccc2c1.c1ccc(-c2ccccn2)nc1. The van der Waals surface area contributed by atoms with Gasteiger partial charge >= 0.3 is 17.1 Å². The number of aromatic nitrogens is 4. The third kappa shape index (κ3) is 4.49. The van der Waals surface area contributed by atoms with Gasteiger partial charge in [-0.15, -0.1) is 16.9 Å². The molecule has 6 heteroatoms. The molecule has 0 aliphatic carbocycles. The van der Waals surface area contributed by atoms with Gasteiger partial charge in [0, 0.05) is 17.8 Å². The Morgan fingerprint density at radius 3 is 2.04 bits per heavy atom. The minimum Gasteiger partial charge on any atom is -0.663 e. The van der Waals surface area contributed by atoms with E-state index in [4.69, 9.17) is 0 Å². The van der Waals surface area contributed by atoms with E-state index < -0.39 is 0 Å². The van der Waals surface area contributed by atoms with Gasteiger partial charge in [-0.2, -0.15) is 6.20 Å². The Hall–Kier alpha value is -2.79. The van der Waals surface area contributed by atoms with Gasteiger partial charge in [0.05, 0.1) is 22.6 Å². The molecule has 4 aromatic heterocycles. The molecule has 4 nitrogen and oxygen atoms in total. The maximum Gasteiger partial charge on any atom is 1.00 e. The van der Waals surface area contributed by atoms with Gasteiger partial charge in [0.25, 0.3) is 0 Å². The van der Waals surface area contributed by atoms with Gasteiger partial charge in [0.2, 0.25) is 0 Å². The van der Waals surface area contributed by atoms with Gasteiger partial charge in [0.15, 0.2) is 0 Å². The first-order chi connectivity index (χ1) is 12.9. The topological polar surface area (TPSA) is 52.8 Å². The average Bonchev–Trinajstić information content (AvgIpc) is 3.41. The van der Waals surface area contributed by atoms with E-state index >= 15 is 0 Å². The summed E-state index contributed by atoms with van der Waals surface area (Å²) in [5.74, 6) is 0. The number of thiazole rings is 1.